The molecular weight excluding hydrogens is 340 g/mol. The number of aryl methyl sites for hydroxylation is 1. The van der Waals surface area contributed by atoms with Gasteiger partial charge in [0, 0.05) is 25.3 Å². The van der Waals surface area contributed by atoms with E-state index in [2.05, 4.69) is 10.6 Å². The molecule has 0 bridgehead atoms. The maximum atomic E-state index is 13.3. The predicted molar refractivity (Wildman–Crippen MR) is 96.1 cm³/mol. The molecule has 3 amide bonds. The molecule has 2 aromatic carbocycles. The summed E-state index contributed by atoms with van der Waals surface area (Å²) in [7, 11) is 3.29. The Kier molecular flexibility index (Phi) is 5.92. The van der Waals surface area contributed by atoms with Crippen LogP contribution in [-0.4, -0.2) is 30.9 Å². The van der Waals surface area contributed by atoms with E-state index in [-0.39, 0.29) is 5.91 Å². The maximum absolute atomic E-state index is 13.3. The number of nitrogens with zero attached hydrogens (tertiary/aromatic N) is 1. The molecule has 0 aliphatic rings. The molecule has 0 heterocycles. The van der Waals surface area contributed by atoms with Gasteiger partial charge in [0.2, 0.25) is 0 Å². The fraction of sp³-hybridized carbons (Fsp3) is 0.263. The number of nitrogens with one attached hydrogen (secondary N) is 2. The average Bonchev–Trinajstić information content (AvgIpc) is 2.58. The van der Waals surface area contributed by atoms with Gasteiger partial charge in [0.25, 0.3) is 5.91 Å². The van der Waals surface area contributed by atoms with Gasteiger partial charge in [-0.2, -0.15) is 0 Å². The van der Waals surface area contributed by atoms with Gasteiger partial charge < -0.3 is 15.5 Å². The Morgan fingerprint density at radius 1 is 1.04 bits per heavy atom. The van der Waals surface area contributed by atoms with Crippen LogP contribution in [0.1, 0.15) is 34.5 Å². The molecule has 0 aliphatic carbocycles. The largest absolute Gasteiger partial charge is 0.345 e. The van der Waals surface area contributed by atoms with E-state index in [9.17, 15) is 18.4 Å². The molecule has 0 unspecified atom stereocenters. The van der Waals surface area contributed by atoms with Crippen LogP contribution in [0, 0.1) is 18.6 Å². The van der Waals surface area contributed by atoms with Crippen molar-refractivity contribution < 1.29 is 18.4 Å². The highest BCUT2D eigenvalue weighted by Crippen LogP contribution is 2.19. The number of benzene rings is 2. The van der Waals surface area contributed by atoms with Crippen molar-refractivity contribution >= 4 is 17.6 Å². The Balaban J connectivity index is 2.10. The first kappa shape index (κ1) is 19.4. The second kappa shape index (κ2) is 7.95. The summed E-state index contributed by atoms with van der Waals surface area (Å²) in [6.07, 6.45) is 0. The molecule has 0 spiro atoms. The van der Waals surface area contributed by atoms with Crippen LogP contribution >= 0.6 is 0 Å². The van der Waals surface area contributed by atoms with Crippen LogP contribution < -0.4 is 10.6 Å². The molecule has 0 aromatic heterocycles. The molecule has 0 aliphatic heterocycles. The Labute approximate surface area is 151 Å². The zero-order chi connectivity index (χ0) is 19.4. The average molecular weight is 361 g/mol. The maximum Gasteiger partial charge on any atom is 0.319 e. The molecule has 0 saturated heterocycles. The highest BCUT2D eigenvalue weighted by atomic mass is 19.2. The predicted octanol–water partition coefficient (Wildman–Crippen LogP) is 3.86. The van der Waals surface area contributed by atoms with Crippen molar-refractivity contribution in [3.63, 3.8) is 0 Å². The zero-order valence-corrected chi connectivity index (χ0v) is 15.1. The number of rotatable bonds is 4. The van der Waals surface area contributed by atoms with Gasteiger partial charge in [-0.05, 0) is 49.2 Å². The first-order valence-electron chi connectivity index (χ1n) is 8.04. The van der Waals surface area contributed by atoms with Crippen LogP contribution in [0.15, 0.2) is 36.4 Å². The molecule has 5 nitrogen and oxygen atoms in total. The number of hydrogen-bond donors (Lipinski definition) is 2. The zero-order valence-electron chi connectivity index (χ0n) is 15.1. The second-order valence-corrected chi connectivity index (χ2v) is 6.22. The van der Waals surface area contributed by atoms with Crippen molar-refractivity contribution in [1.29, 1.82) is 0 Å². The van der Waals surface area contributed by atoms with Crippen LogP contribution in [0.4, 0.5) is 19.3 Å². The summed E-state index contributed by atoms with van der Waals surface area (Å²) in [5, 5.41) is 5.34. The highest BCUT2D eigenvalue weighted by molar-refractivity contribution is 5.97. The molecular formula is C19H21F2N3O2. The van der Waals surface area contributed by atoms with Crippen molar-refractivity contribution in [3.8, 4) is 0 Å². The monoisotopic (exact) mass is 361 g/mol. The number of amides is 3. The number of anilines is 1. The number of carbonyl (C=O) groups is 2. The van der Waals surface area contributed by atoms with Crippen LogP contribution in [0.5, 0.6) is 0 Å². The van der Waals surface area contributed by atoms with E-state index >= 15 is 0 Å². The van der Waals surface area contributed by atoms with E-state index in [1.165, 1.54) is 11.0 Å². The number of hydrogen-bond acceptors (Lipinski definition) is 2. The highest BCUT2D eigenvalue weighted by Gasteiger charge is 2.14. The quantitative estimate of drug-likeness (QED) is 0.869. The Hall–Kier alpha value is -2.96. The molecule has 1 atom stereocenters. The first-order valence-corrected chi connectivity index (χ1v) is 8.04. The standard InChI is InChI=1S/C19H21F2N3O2/c1-11-5-6-14(18(25)24(3)4)10-17(11)23-19(26)22-12(2)13-7-8-15(20)16(21)9-13/h5-10,12H,1-4H3,(H2,22,23,26)/t12-/m1/s1. The summed E-state index contributed by atoms with van der Waals surface area (Å²) < 4.78 is 26.3. The lowest BCUT2D eigenvalue weighted by molar-refractivity contribution is 0.0827. The molecule has 138 valence electrons. The molecule has 2 rings (SSSR count). The van der Waals surface area contributed by atoms with Crippen molar-refractivity contribution in [2.75, 3.05) is 19.4 Å². The lowest BCUT2D eigenvalue weighted by atomic mass is 10.1. The summed E-state index contributed by atoms with van der Waals surface area (Å²) in [5.41, 5.74) is 2.17. The summed E-state index contributed by atoms with van der Waals surface area (Å²) in [5.74, 6) is -2.09. The molecule has 2 aromatic rings. The molecule has 0 saturated carbocycles. The van der Waals surface area contributed by atoms with Crippen LogP contribution in [0.25, 0.3) is 0 Å². The molecule has 0 radical (unpaired) electrons. The number of urea groups is 1. The van der Waals surface area contributed by atoms with Crippen LogP contribution in [0.2, 0.25) is 0 Å². The van der Waals surface area contributed by atoms with Gasteiger partial charge >= 0.3 is 6.03 Å². The lowest BCUT2D eigenvalue weighted by Crippen LogP contribution is -2.31. The Morgan fingerprint density at radius 2 is 1.73 bits per heavy atom. The van der Waals surface area contributed by atoms with Gasteiger partial charge in [0.1, 0.15) is 0 Å². The van der Waals surface area contributed by atoms with Gasteiger partial charge in [-0.3, -0.25) is 4.79 Å². The van der Waals surface area contributed by atoms with Gasteiger partial charge in [-0.15, -0.1) is 0 Å². The molecule has 7 heteroatoms. The van der Waals surface area contributed by atoms with Gasteiger partial charge in [-0.1, -0.05) is 12.1 Å². The van der Waals surface area contributed by atoms with Crippen molar-refractivity contribution in [2.24, 2.45) is 0 Å². The number of carbonyl (C=O) groups excluding carboxylic acids is 2. The second-order valence-electron chi connectivity index (χ2n) is 6.22. The lowest BCUT2D eigenvalue weighted by Gasteiger charge is -2.17. The van der Waals surface area contributed by atoms with Gasteiger partial charge in [0.05, 0.1) is 6.04 Å². The van der Waals surface area contributed by atoms with Crippen LogP contribution in [0.3, 0.4) is 0 Å². The van der Waals surface area contributed by atoms with E-state index < -0.39 is 23.7 Å². The van der Waals surface area contributed by atoms with E-state index in [4.69, 9.17) is 0 Å². The third-order valence-corrected chi connectivity index (χ3v) is 3.93. The van der Waals surface area contributed by atoms with E-state index in [0.29, 0.717) is 16.8 Å². The van der Waals surface area contributed by atoms with Crippen molar-refractivity contribution in [2.45, 2.75) is 19.9 Å². The fourth-order valence-electron chi connectivity index (χ4n) is 2.37. The minimum atomic E-state index is -0.970. The third-order valence-electron chi connectivity index (χ3n) is 3.93. The van der Waals surface area contributed by atoms with Crippen LogP contribution in [-0.2, 0) is 0 Å². The Bertz CT molecular complexity index is 838. The van der Waals surface area contributed by atoms with E-state index in [1.54, 1.807) is 46.1 Å². The Morgan fingerprint density at radius 3 is 2.35 bits per heavy atom. The smallest absolute Gasteiger partial charge is 0.319 e. The van der Waals surface area contributed by atoms with Crippen molar-refractivity contribution in [1.82, 2.24) is 10.2 Å². The third kappa shape index (κ3) is 4.56. The molecule has 26 heavy (non-hydrogen) atoms. The van der Waals surface area contributed by atoms with Crippen molar-refractivity contribution in [3.05, 3.63) is 64.7 Å². The topological polar surface area (TPSA) is 61.4 Å². The van der Waals surface area contributed by atoms with Gasteiger partial charge in [0.15, 0.2) is 11.6 Å². The summed E-state index contributed by atoms with van der Waals surface area (Å²) in [6, 6.07) is 7.44. The minimum absolute atomic E-state index is 0.177. The number of halogens is 2. The first-order chi connectivity index (χ1) is 12.2. The summed E-state index contributed by atoms with van der Waals surface area (Å²) in [4.78, 5) is 25.7. The summed E-state index contributed by atoms with van der Waals surface area (Å²) >= 11 is 0. The summed E-state index contributed by atoms with van der Waals surface area (Å²) in [6.45, 7) is 3.46. The fourth-order valence-corrected chi connectivity index (χ4v) is 2.37. The van der Waals surface area contributed by atoms with E-state index in [0.717, 1.165) is 17.7 Å². The minimum Gasteiger partial charge on any atom is -0.345 e. The normalized spacial score (nSPS) is 11.6. The SMILES string of the molecule is Cc1ccc(C(=O)N(C)C)cc1NC(=O)N[C@H](C)c1ccc(F)c(F)c1. The van der Waals surface area contributed by atoms with E-state index in [1.807, 2.05) is 0 Å². The molecule has 2 N–H and O–H groups in total. The molecule has 0 fully saturated rings. The van der Waals surface area contributed by atoms with Gasteiger partial charge in [-0.25, -0.2) is 13.6 Å².